The van der Waals surface area contributed by atoms with Gasteiger partial charge < -0.3 is 10.1 Å². The number of aromatic nitrogens is 1. The van der Waals surface area contributed by atoms with Gasteiger partial charge in [-0.3, -0.25) is 4.79 Å². The number of halogens is 2. The number of benzene rings is 3. The molecular weight excluding hydrogens is 560 g/mol. The van der Waals surface area contributed by atoms with Crippen molar-refractivity contribution in [2.24, 2.45) is 0 Å². The Morgan fingerprint density at radius 3 is 2.42 bits per heavy atom. The van der Waals surface area contributed by atoms with Crippen LogP contribution >= 0.6 is 39.3 Å². The Labute approximate surface area is 226 Å². The molecule has 0 spiro atoms. The summed E-state index contributed by atoms with van der Waals surface area (Å²) in [6, 6.07) is 23.4. The van der Waals surface area contributed by atoms with Crippen LogP contribution < -0.4 is 5.32 Å². The Bertz CT molecular complexity index is 1420. The SMILES string of the molecule is O=Cc1cccnc1Sc1c(Cl)ccc(Br)c1CNC(=O)OCC1c2ccccc2-c2ccccc21. The monoisotopic (exact) mass is 578 g/mol. The molecule has 5 rings (SSSR count). The molecule has 0 aliphatic heterocycles. The van der Waals surface area contributed by atoms with E-state index in [0.717, 1.165) is 27.4 Å². The van der Waals surface area contributed by atoms with E-state index in [4.69, 9.17) is 16.3 Å². The predicted octanol–water partition coefficient (Wildman–Crippen LogP) is 7.50. The molecule has 1 aliphatic rings. The fourth-order valence-corrected chi connectivity index (χ4v) is 6.24. The molecule has 0 unspecified atom stereocenters. The van der Waals surface area contributed by atoms with Crippen LogP contribution in [0.2, 0.25) is 5.02 Å². The van der Waals surface area contributed by atoms with Crippen LogP contribution in [0.15, 0.2) is 93.4 Å². The number of nitrogens with one attached hydrogen (secondary N) is 1. The third-order valence-electron chi connectivity index (χ3n) is 6.03. The third kappa shape index (κ3) is 4.91. The van der Waals surface area contributed by atoms with E-state index in [-0.39, 0.29) is 19.1 Å². The lowest BCUT2D eigenvalue weighted by Gasteiger charge is -2.16. The molecule has 0 radical (unpaired) electrons. The van der Waals surface area contributed by atoms with Gasteiger partial charge in [-0.1, -0.05) is 87.8 Å². The predicted molar refractivity (Wildman–Crippen MR) is 145 cm³/mol. The number of carbonyl (C=O) groups is 2. The van der Waals surface area contributed by atoms with E-state index in [2.05, 4.69) is 50.5 Å². The summed E-state index contributed by atoms with van der Waals surface area (Å²) in [5.74, 6) is -0.0157. The summed E-state index contributed by atoms with van der Waals surface area (Å²) in [5.41, 5.74) is 5.90. The second-order valence-corrected chi connectivity index (χ2v) is 10.4. The minimum Gasteiger partial charge on any atom is -0.449 e. The van der Waals surface area contributed by atoms with Gasteiger partial charge in [-0.25, -0.2) is 9.78 Å². The van der Waals surface area contributed by atoms with Crippen molar-refractivity contribution in [2.75, 3.05) is 6.61 Å². The minimum absolute atomic E-state index is 0.0157. The first kappa shape index (κ1) is 24.6. The largest absolute Gasteiger partial charge is 0.449 e. The number of amides is 1. The molecule has 0 fully saturated rings. The number of carbonyl (C=O) groups excluding carboxylic acids is 2. The number of rotatable bonds is 7. The zero-order chi connectivity index (χ0) is 25.1. The standard InChI is InChI=1S/C28H20BrClN2O3S/c29-24-11-12-25(30)26(36-27-17(15-33)6-5-13-31-27)22(24)14-32-28(34)35-16-23-20-9-3-1-7-18(20)19-8-2-4-10-21(19)23/h1-13,15,23H,14,16H2,(H,32,34). The van der Waals surface area contributed by atoms with Gasteiger partial charge in [0, 0.05) is 39.2 Å². The lowest BCUT2D eigenvalue weighted by molar-refractivity contribution is 0.112. The van der Waals surface area contributed by atoms with Crippen molar-refractivity contribution in [3.63, 3.8) is 0 Å². The average molecular weight is 580 g/mol. The van der Waals surface area contributed by atoms with E-state index < -0.39 is 6.09 Å². The van der Waals surface area contributed by atoms with Crippen molar-refractivity contribution in [1.29, 1.82) is 0 Å². The van der Waals surface area contributed by atoms with E-state index in [1.165, 1.54) is 22.9 Å². The summed E-state index contributed by atoms with van der Waals surface area (Å²) in [5, 5.41) is 3.87. The number of hydrogen-bond acceptors (Lipinski definition) is 5. The van der Waals surface area contributed by atoms with Crippen molar-refractivity contribution < 1.29 is 14.3 Å². The van der Waals surface area contributed by atoms with Gasteiger partial charge in [-0.05, 0) is 46.5 Å². The van der Waals surface area contributed by atoms with Crippen LogP contribution in [0.1, 0.15) is 33.0 Å². The Morgan fingerprint density at radius 1 is 1.03 bits per heavy atom. The molecule has 1 aromatic heterocycles. The minimum atomic E-state index is -0.522. The van der Waals surface area contributed by atoms with E-state index in [1.54, 1.807) is 24.4 Å². The van der Waals surface area contributed by atoms with E-state index in [0.29, 0.717) is 20.5 Å². The van der Waals surface area contributed by atoms with Crippen LogP contribution in [0.4, 0.5) is 4.79 Å². The highest BCUT2D eigenvalue weighted by atomic mass is 79.9. The summed E-state index contributed by atoms with van der Waals surface area (Å²) in [6.07, 6.45) is 1.86. The molecule has 180 valence electrons. The molecule has 0 saturated heterocycles. The number of nitrogens with zero attached hydrogens (tertiary/aromatic N) is 1. The number of alkyl carbamates (subject to hydrolysis) is 1. The Balaban J connectivity index is 1.29. The van der Waals surface area contributed by atoms with Gasteiger partial charge in [0.1, 0.15) is 11.6 Å². The van der Waals surface area contributed by atoms with Gasteiger partial charge in [-0.15, -0.1) is 0 Å². The van der Waals surface area contributed by atoms with Crippen LogP contribution in [0.5, 0.6) is 0 Å². The van der Waals surface area contributed by atoms with Crippen LogP contribution in [0, 0.1) is 0 Å². The second kappa shape index (κ2) is 10.9. The van der Waals surface area contributed by atoms with E-state index in [9.17, 15) is 9.59 Å². The molecule has 8 heteroatoms. The molecular formula is C28H20BrClN2O3S. The molecule has 0 saturated carbocycles. The fourth-order valence-electron chi connectivity index (χ4n) is 4.34. The maximum atomic E-state index is 12.7. The molecule has 1 N–H and O–H groups in total. The van der Waals surface area contributed by atoms with Crippen LogP contribution in [0.3, 0.4) is 0 Å². The highest BCUT2D eigenvalue weighted by molar-refractivity contribution is 9.10. The Kier molecular flexibility index (Phi) is 7.41. The summed E-state index contributed by atoms with van der Waals surface area (Å²) >= 11 is 11.3. The van der Waals surface area contributed by atoms with Gasteiger partial charge in [0.05, 0.1) is 5.02 Å². The molecule has 0 atom stereocenters. The summed E-state index contributed by atoms with van der Waals surface area (Å²) in [4.78, 5) is 29.2. The van der Waals surface area contributed by atoms with Gasteiger partial charge >= 0.3 is 6.09 Å². The zero-order valence-electron chi connectivity index (χ0n) is 18.9. The maximum Gasteiger partial charge on any atom is 0.407 e. The van der Waals surface area contributed by atoms with Crippen molar-refractivity contribution in [1.82, 2.24) is 10.3 Å². The topological polar surface area (TPSA) is 68.3 Å². The highest BCUT2D eigenvalue weighted by Gasteiger charge is 2.29. The van der Waals surface area contributed by atoms with Crippen LogP contribution in [0.25, 0.3) is 11.1 Å². The zero-order valence-corrected chi connectivity index (χ0v) is 22.1. The fraction of sp³-hybridized carbons (Fsp3) is 0.107. The molecule has 0 bridgehead atoms. The molecule has 1 heterocycles. The third-order valence-corrected chi connectivity index (χ3v) is 8.41. The first-order valence-corrected chi connectivity index (χ1v) is 13.2. The maximum absolute atomic E-state index is 12.7. The number of ether oxygens (including phenoxy) is 1. The number of fused-ring (bicyclic) bond motifs is 3. The van der Waals surface area contributed by atoms with Crippen molar-refractivity contribution >= 4 is 51.7 Å². The van der Waals surface area contributed by atoms with Crippen molar-refractivity contribution in [3.8, 4) is 11.1 Å². The van der Waals surface area contributed by atoms with Crippen molar-refractivity contribution in [2.45, 2.75) is 22.4 Å². The summed E-state index contributed by atoms with van der Waals surface area (Å²) < 4.78 is 6.44. The highest BCUT2D eigenvalue weighted by Crippen LogP contribution is 2.44. The van der Waals surface area contributed by atoms with Gasteiger partial charge in [0.15, 0.2) is 6.29 Å². The molecule has 4 aromatic rings. The first-order valence-electron chi connectivity index (χ1n) is 11.2. The Hall–Kier alpha value is -3.13. The quantitative estimate of drug-likeness (QED) is 0.230. The molecule has 1 amide bonds. The normalized spacial score (nSPS) is 12.1. The Morgan fingerprint density at radius 2 is 1.72 bits per heavy atom. The van der Waals surface area contributed by atoms with Crippen molar-refractivity contribution in [3.05, 3.63) is 111 Å². The molecule has 1 aliphatic carbocycles. The second-order valence-electron chi connectivity index (χ2n) is 8.13. The molecule has 3 aromatic carbocycles. The smallest absolute Gasteiger partial charge is 0.407 e. The van der Waals surface area contributed by atoms with Crippen LogP contribution in [-0.4, -0.2) is 24.0 Å². The first-order chi connectivity index (χ1) is 17.6. The lowest BCUT2D eigenvalue weighted by Crippen LogP contribution is -2.26. The van der Waals surface area contributed by atoms with Crippen LogP contribution in [-0.2, 0) is 11.3 Å². The van der Waals surface area contributed by atoms with Gasteiger partial charge in [-0.2, -0.15) is 0 Å². The average Bonchev–Trinajstić information content (AvgIpc) is 3.23. The van der Waals surface area contributed by atoms with Gasteiger partial charge in [0.25, 0.3) is 0 Å². The molecule has 5 nitrogen and oxygen atoms in total. The van der Waals surface area contributed by atoms with E-state index >= 15 is 0 Å². The van der Waals surface area contributed by atoms with Gasteiger partial charge in [0.2, 0.25) is 0 Å². The van der Waals surface area contributed by atoms with E-state index in [1.807, 2.05) is 30.3 Å². The molecule has 36 heavy (non-hydrogen) atoms. The lowest BCUT2D eigenvalue weighted by atomic mass is 9.98. The summed E-state index contributed by atoms with van der Waals surface area (Å²) in [6.45, 7) is 0.415. The summed E-state index contributed by atoms with van der Waals surface area (Å²) in [7, 11) is 0. The number of hydrogen-bond donors (Lipinski definition) is 1. The number of aldehydes is 1. The number of pyridine rings is 1.